The lowest BCUT2D eigenvalue weighted by atomic mass is 10.2. The number of para-hydroxylation sites is 2. The van der Waals surface area contributed by atoms with E-state index in [-0.39, 0.29) is 17.2 Å². The Hall–Kier alpha value is -2.66. The number of aryl methyl sites for hydroxylation is 1. The number of ether oxygens (including phenoxy) is 1. The van der Waals surface area contributed by atoms with Crippen LogP contribution in [0.15, 0.2) is 58.2 Å². The van der Waals surface area contributed by atoms with E-state index in [4.69, 9.17) is 16.3 Å². The van der Waals surface area contributed by atoms with Gasteiger partial charge in [0.1, 0.15) is 6.04 Å². The lowest BCUT2D eigenvalue weighted by Crippen LogP contribution is -2.48. The zero-order chi connectivity index (χ0) is 22.6. The molecule has 11 heteroatoms. The number of aliphatic hydroxyl groups is 1. The first-order chi connectivity index (χ1) is 14.7. The van der Waals surface area contributed by atoms with Gasteiger partial charge in [0.05, 0.1) is 28.6 Å². The third-order valence-electron chi connectivity index (χ3n) is 4.59. The van der Waals surface area contributed by atoms with Gasteiger partial charge in [-0.25, -0.2) is 13.2 Å². The van der Waals surface area contributed by atoms with Crippen molar-refractivity contribution < 1.29 is 23.1 Å². The van der Waals surface area contributed by atoms with Crippen molar-refractivity contribution in [1.82, 2.24) is 14.3 Å². The fourth-order valence-electron chi connectivity index (χ4n) is 3.01. The van der Waals surface area contributed by atoms with E-state index in [2.05, 4.69) is 9.71 Å². The van der Waals surface area contributed by atoms with Crippen LogP contribution in [0.3, 0.4) is 0 Å². The third-order valence-corrected chi connectivity index (χ3v) is 6.30. The fourth-order valence-corrected chi connectivity index (χ4v) is 4.39. The summed E-state index contributed by atoms with van der Waals surface area (Å²) in [7, 11) is -4.08. The SMILES string of the molecule is CC(O)C(NS(=O)(=O)c1ccc(Cl)cc1)C(=O)OCCCn1c(=O)[nH]c2ccccc21. The number of aliphatic hydroxyl groups excluding tert-OH is 1. The van der Waals surface area contributed by atoms with Crippen molar-refractivity contribution >= 4 is 38.6 Å². The van der Waals surface area contributed by atoms with E-state index in [1.807, 2.05) is 12.1 Å². The second-order valence-electron chi connectivity index (χ2n) is 6.91. The van der Waals surface area contributed by atoms with E-state index < -0.39 is 28.1 Å². The zero-order valence-corrected chi connectivity index (χ0v) is 18.2. The van der Waals surface area contributed by atoms with Crippen LogP contribution >= 0.6 is 11.6 Å². The maximum Gasteiger partial charge on any atom is 0.326 e. The predicted octanol–water partition coefficient (Wildman–Crippen LogP) is 1.64. The monoisotopic (exact) mass is 467 g/mol. The van der Waals surface area contributed by atoms with Crippen LogP contribution in [0.5, 0.6) is 0 Å². The molecule has 0 radical (unpaired) electrons. The van der Waals surface area contributed by atoms with Gasteiger partial charge in [-0.1, -0.05) is 23.7 Å². The maximum absolute atomic E-state index is 12.5. The molecule has 0 fully saturated rings. The maximum atomic E-state index is 12.5. The molecule has 166 valence electrons. The smallest absolute Gasteiger partial charge is 0.326 e. The number of fused-ring (bicyclic) bond motifs is 1. The molecule has 3 rings (SSSR count). The van der Waals surface area contributed by atoms with Crippen LogP contribution in [0.25, 0.3) is 11.0 Å². The Morgan fingerprint density at radius 1 is 1.23 bits per heavy atom. The average Bonchev–Trinajstić information content (AvgIpc) is 3.04. The van der Waals surface area contributed by atoms with Gasteiger partial charge in [0.2, 0.25) is 10.0 Å². The average molecular weight is 468 g/mol. The fraction of sp³-hybridized carbons (Fsp3) is 0.300. The molecule has 31 heavy (non-hydrogen) atoms. The molecule has 0 bridgehead atoms. The van der Waals surface area contributed by atoms with Crippen LogP contribution < -0.4 is 10.4 Å². The molecule has 2 unspecified atom stereocenters. The highest BCUT2D eigenvalue weighted by Crippen LogP contribution is 2.15. The van der Waals surface area contributed by atoms with Gasteiger partial charge in [0.15, 0.2) is 0 Å². The summed E-state index contributed by atoms with van der Waals surface area (Å²) in [5.41, 5.74) is 1.16. The highest BCUT2D eigenvalue weighted by molar-refractivity contribution is 7.89. The summed E-state index contributed by atoms with van der Waals surface area (Å²) in [6, 6.07) is 11.1. The number of esters is 1. The van der Waals surface area contributed by atoms with Crippen LogP contribution in [-0.2, 0) is 26.1 Å². The van der Waals surface area contributed by atoms with Crippen molar-refractivity contribution in [2.45, 2.75) is 36.9 Å². The van der Waals surface area contributed by atoms with Crippen LogP contribution in [0.4, 0.5) is 0 Å². The van der Waals surface area contributed by atoms with Crippen molar-refractivity contribution in [3.8, 4) is 0 Å². The number of hydrogen-bond acceptors (Lipinski definition) is 6. The number of rotatable bonds is 9. The number of nitrogens with one attached hydrogen (secondary N) is 2. The Morgan fingerprint density at radius 3 is 2.58 bits per heavy atom. The van der Waals surface area contributed by atoms with Crippen LogP contribution in [0, 0.1) is 0 Å². The van der Waals surface area contributed by atoms with E-state index in [0.29, 0.717) is 23.5 Å². The van der Waals surface area contributed by atoms with Gasteiger partial charge in [-0.15, -0.1) is 0 Å². The second-order valence-corrected chi connectivity index (χ2v) is 9.06. The molecule has 3 aromatic rings. The Morgan fingerprint density at radius 2 is 1.90 bits per heavy atom. The summed E-state index contributed by atoms with van der Waals surface area (Å²) in [4.78, 5) is 27.1. The van der Waals surface area contributed by atoms with Gasteiger partial charge in [-0.05, 0) is 49.7 Å². The minimum atomic E-state index is -4.08. The molecule has 0 aliphatic heterocycles. The lowest BCUT2D eigenvalue weighted by molar-refractivity contribution is -0.148. The van der Waals surface area contributed by atoms with Gasteiger partial charge < -0.3 is 14.8 Å². The number of benzene rings is 2. The van der Waals surface area contributed by atoms with E-state index in [1.165, 1.54) is 35.8 Å². The number of H-pyrrole nitrogens is 1. The van der Waals surface area contributed by atoms with Crippen LogP contribution in [0.1, 0.15) is 13.3 Å². The molecule has 0 saturated heterocycles. The Bertz CT molecular complexity index is 1220. The number of carbonyl (C=O) groups excluding carboxylic acids is 1. The number of imidazole rings is 1. The molecule has 0 aliphatic carbocycles. The summed E-state index contributed by atoms with van der Waals surface area (Å²) in [6.45, 7) is 1.52. The number of aromatic nitrogens is 2. The van der Waals surface area contributed by atoms with Crippen LogP contribution in [-0.4, -0.2) is 47.8 Å². The van der Waals surface area contributed by atoms with Crippen molar-refractivity contribution in [2.24, 2.45) is 0 Å². The second kappa shape index (κ2) is 9.65. The van der Waals surface area contributed by atoms with Gasteiger partial charge in [-0.2, -0.15) is 4.72 Å². The van der Waals surface area contributed by atoms with Crippen molar-refractivity contribution in [1.29, 1.82) is 0 Å². The summed E-state index contributed by atoms with van der Waals surface area (Å²) in [5, 5.41) is 10.3. The normalized spacial score (nSPS) is 13.8. The van der Waals surface area contributed by atoms with Crippen molar-refractivity contribution in [3.63, 3.8) is 0 Å². The minimum Gasteiger partial charge on any atom is -0.464 e. The molecule has 0 saturated carbocycles. The van der Waals surface area contributed by atoms with Crippen molar-refractivity contribution in [3.05, 3.63) is 64.0 Å². The quantitative estimate of drug-likeness (QED) is 0.324. The predicted molar refractivity (Wildman–Crippen MR) is 115 cm³/mol. The number of nitrogens with zero attached hydrogens (tertiary/aromatic N) is 1. The number of sulfonamides is 1. The minimum absolute atomic E-state index is 0.0589. The van der Waals surface area contributed by atoms with Gasteiger partial charge >= 0.3 is 11.7 Å². The Kier molecular flexibility index (Phi) is 7.16. The molecule has 1 aromatic heterocycles. The first-order valence-electron chi connectivity index (χ1n) is 9.49. The molecule has 1 heterocycles. The molecule has 0 spiro atoms. The third kappa shape index (κ3) is 5.53. The first-order valence-corrected chi connectivity index (χ1v) is 11.4. The highest BCUT2D eigenvalue weighted by Gasteiger charge is 2.30. The molecule has 0 amide bonds. The van der Waals surface area contributed by atoms with Gasteiger partial charge in [0, 0.05) is 11.6 Å². The molecule has 0 aliphatic rings. The van der Waals surface area contributed by atoms with Gasteiger partial charge in [-0.3, -0.25) is 9.36 Å². The zero-order valence-electron chi connectivity index (χ0n) is 16.6. The van der Waals surface area contributed by atoms with Gasteiger partial charge in [0.25, 0.3) is 0 Å². The molecular formula is C20H22ClN3O6S. The molecular weight excluding hydrogens is 446 g/mol. The van der Waals surface area contributed by atoms with E-state index >= 15 is 0 Å². The number of hydrogen-bond donors (Lipinski definition) is 3. The standard InChI is InChI=1S/C20H22ClN3O6S/c1-13(25)18(23-31(28,29)15-9-7-14(21)8-10-15)19(26)30-12-4-11-24-17-6-3-2-5-16(17)22-20(24)27/h2-3,5-10,13,18,23,25H,4,11-12H2,1H3,(H,22,27). The highest BCUT2D eigenvalue weighted by atomic mass is 35.5. The largest absolute Gasteiger partial charge is 0.464 e. The summed E-state index contributed by atoms with van der Waals surface area (Å²) >= 11 is 5.77. The molecule has 9 nitrogen and oxygen atoms in total. The molecule has 2 aromatic carbocycles. The van der Waals surface area contributed by atoms with Crippen molar-refractivity contribution in [2.75, 3.05) is 6.61 Å². The summed E-state index contributed by atoms with van der Waals surface area (Å²) in [6.07, 6.45) is -1.00. The summed E-state index contributed by atoms with van der Waals surface area (Å²) < 4.78 is 33.8. The summed E-state index contributed by atoms with van der Waals surface area (Å²) in [5.74, 6) is -0.918. The Labute approximate surface area is 183 Å². The van der Waals surface area contributed by atoms with E-state index in [1.54, 1.807) is 12.1 Å². The van der Waals surface area contributed by atoms with E-state index in [0.717, 1.165) is 5.52 Å². The topological polar surface area (TPSA) is 130 Å². The van der Waals surface area contributed by atoms with Crippen LogP contribution in [0.2, 0.25) is 5.02 Å². The number of carbonyl (C=O) groups is 1. The van der Waals surface area contributed by atoms with E-state index in [9.17, 15) is 23.1 Å². The number of halogens is 1. The molecule has 2 atom stereocenters. The number of aromatic amines is 1. The molecule has 3 N–H and O–H groups in total. The first kappa shape index (κ1) is 23.0. The Balaban J connectivity index is 1.60. The lowest BCUT2D eigenvalue weighted by Gasteiger charge is -2.20.